The van der Waals surface area contributed by atoms with Crippen LogP contribution in [0.4, 0.5) is 5.69 Å². The summed E-state index contributed by atoms with van der Waals surface area (Å²) in [6, 6.07) is 12.5. The SMILES string of the molecule is COc1ccc(C(=O)CCC(=O)Nc2ccc(C)cc2)cc1OC. The maximum Gasteiger partial charge on any atom is 0.224 e. The molecular formula is C19H21NO4. The molecule has 1 N–H and O–H groups in total. The molecule has 0 saturated carbocycles. The van der Waals surface area contributed by atoms with E-state index in [0.717, 1.165) is 11.3 Å². The van der Waals surface area contributed by atoms with Crippen molar-refractivity contribution in [3.05, 3.63) is 53.6 Å². The van der Waals surface area contributed by atoms with E-state index in [4.69, 9.17) is 9.47 Å². The van der Waals surface area contributed by atoms with E-state index in [1.807, 2.05) is 31.2 Å². The number of amides is 1. The number of Topliss-reactive ketones (excluding diaryl/α,β-unsaturated/α-hetero) is 1. The van der Waals surface area contributed by atoms with Gasteiger partial charge >= 0.3 is 0 Å². The first-order valence-corrected chi connectivity index (χ1v) is 7.65. The molecule has 0 aromatic heterocycles. The van der Waals surface area contributed by atoms with Gasteiger partial charge in [0.1, 0.15) is 0 Å². The third-order valence-corrected chi connectivity index (χ3v) is 3.62. The Morgan fingerprint density at radius 1 is 0.917 bits per heavy atom. The summed E-state index contributed by atoms with van der Waals surface area (Å²) < 4.78 is 10.3. The van der Waals surface area contributed by atoms with Crippen molar-refractivity contribution in [2.45, 2.75) is 19.8 Å². The number of anilines is 1. The normalized spacial score (nSPS) is 10.1. The van der Waals surface area contributed by atoms with Gasteiger partial charge in [-0.1, -0.05) is 17.7 Å². The molecule has 2 aromatic carbocycles. The van der Waals surface area contributed by atoms with Crippen molar-refractivity contribution in [2.24, 2.45) is 0 Å². The van der Waals surface area contributed by atoms with E-state index in [1.54, 1.807) is 18.2 Å². The summed E-state index contributed by atoms with van der Waals surface area (Å²) in [7, 11) is 3.05. The minimum absolute atomic E-state index is 0.116. The van der Waals surface area contributed by atoms with Crippen LogP contribution in [0.1, 0.15) is 28.8 Å². The number of methoxy groups -OCH3 is 2. The molecule has 0 radical (unpaired) electrons. The molecular weight excluding hydrogens is 306 g/mol. The lowest BCUT2D eigenvalue weighted by Gasteiger charge is -2.09. The maximum absolute atomic E-state index is 12.2. The Balaban J connectivity index is 1.92. The number of carbonyl (C=O) groups excluding carboxylic acids is 2. The smallest absolute Gasteiger partial charge is 0.224 e. The lowest BCUT2D eigenvalue weighted by Crippen LogP contribution is -2.13. The van der Waals surface area contributed by atoms with Gasteiger partial charge in [0.15, 0.2) is 17.3 Å². The largest absolute Gasteiger partial charge is 0.493 e. The summed E-state index contributed by atoms with van der Waals surface area (Å²) in [5, 5.41) is 2.78. The van der Waals surface area contributed by atoms with Gasteiger partial charge in [0.2, 0.25) is 5.91 Å². The summed E-state index contributed by atoms with van der Waals surface area (Å²) in [6.45, 7) is 1.98. The lowest BCUT2D eigenvalue weighted by molar-refractivity contribution is -0.116. The van der Waals surface area contributed by atoms with E-state index < -0.39 is 0 Å². The number of nitrogens with one attached hydrogen (secondary N) is 1. The van der Waals surface area contributed by atoms with Gasteiger partial charge in [0.25, 0.3) is 0 Å². The quantitative estimate of drug-likeness (QED) is 0.789. The summed E-state index contributed by atoms with van der Waals surface area (Å²) in [6.07, 6.45) is 0.258. The predicted octanol–water partition coefficient (Wildman–Crippen LogP) is 3.61. The van der Waals surface area contributed by atoms with Gasteiger partial charge in [-0.25, -0.2) is 0 Å². The Morgan fingerprint density at radius 2 is 1.58 bits per heavy atom. The Morgan fingerprint density at radius 3 is 2.21 bits per heavy atom. The molecule has 0 aliphatic carbocycles. The molecule has 126 valence electrons. The molecule has 2 aromatic rings. The molecule has 5 nitrogen and oxygen atoms in total. The second-order valence-electron chi connectivity index (χ2n) is 5.41. The molecule has 2 rings (SSSR count). The molecule has 24 heavy (non-hydrogen) atoms. The molecule has 0 aliphatic heterocycles. The fourth-order valence-electron chi connectivity index (χ4n) is 2.24. The summed E-state index contributed by atoms with van der Waals surface area (Å²) >= 11 is 0. The van der Waals surface area contributed by atoms with Crippen molar-refractivity contribution >= 4 is 17.4 Å². The van der Waals surface area contributed by atoms with Crippen LogP contribution in [0.2, 0.25) is 0 Å². The number of carbonyl (C=O) groups is 2. The maximum atomic E-state index is 12.2. The van der Waals surface area contributed by atoms with E-state index in [1.165, 1.54) is 14.2 Å². The molecule has 0 fully saturated rings. The van der Waals surface area contributed by atoms with Crippen LogP contribution in [0, 0.1) is 6.92 Å². The van der Waals surface area contributed by atoms with Crippen molar-refractivity contribution in [1.82, 2.24) is 0 Å². The fourth-order valence-corrected chi connectivity index (χ4v) is 2.24. The molecule has 0 atom stereocenters. The molecule has 0 aliphatic rings. The Labute approximate surface area is 141 Å². The monoisotopic (exact) mass is 327 g/mol. The van der Waals surface area contributed by atoms with E-state index in [-0.39, 0.29) is 24.5 Å². The van der Waals surface area contributed by atoms with Gasteiger partial charge in [-0.3, -0.25) is 9.59 Å². The van der Waals surface area contributed by atoms with E-state index in [2.05, 4.69) is 5.32 Å². The second-order valence-corrected chi connectivity index (χ2v) is 5.41. The molecule has 0 saturated heterocycles. The van der Waals surface area contributed by atoms with E-state index >= 15 is 0 Å². The highest BCUT2D eigenvalue weighted by atomic mass is 16.5. The van der Waals surface area contributed by atoms with Crippen molar-refractivity contribution in [3.63, 3.8) is 0 Å². The minimum Gasteiger partial charge on any atom is -0.493 e. The number of hydrogen-bond acceptors (Lipinski definition) is 4. The van der Waals surface area contributed by atoms with Crippen molar-refractivity contribution in [3.8, 4) is 11.5 Å². The highest BCUT2D eigenvalue weighted by molar-refractivity contribution is 6.00. The standard InChI is InChI=1S/C19H21NO4/c1-13-4-7-15(8-5-13)20-19(22)11-9-16(21)14-6-10-17(23-2)18(12-14)24-3/h4-8,10,12H,9,11H2,1-3H3,(H,20,22). The van der Waals surface area contributed by atoms with Gasteiger partial charge in [-0.05, 0) is 37.3 Å². The van der Waals surface area contributed by atoms with Crippen molar-refractivity contribution in [2.75, 3.05) is 19.5 Å². The average molecular weight is 327 g/mol. The zero-order valence-electron chi connectivity index (χ0n) is 14.1. The van der Waals surface area contributed by atoms with Crippen LogP contribution in [0.5, 0.6) is 11.5 Å². The molecule has 0 bridgehead atoms. The number of benzene rings is 2. The summed E-state index contributed by atoms with van der Waals surface area (Å²) in [5.74, 6) is 0.751. The Kier molecular flexibility index (Phi) is 5.95. The zero-order valence-corrected chi connectivity index (χ0v) is 14.1. The van der Waals surface area contributed by atoms with Crippen LogP contribution in [0.3, 0.4) is 0 Å². The number of ketones is 1. The first-order valence-electron chi connectivity index (χ1n) is 7.65. The fraction of sp³-hybridized carbons (Fsp3) is 0.263. The van der Waals surface area contributed by atoms with Crippen molar-refractivity contribution < 1.29 is 19.1 Å². The first kappa shape index (κ1) is 17.5. The third-order valence-electron chi connectivity index (χ3n) is 3.62. The van der Waals surface area contributed by atoms with Gasteiger partial charge in [0, 0.05) is 24.1 Å². The zero-order chi connectivity index (χ0) is 17.5. The summed E-state index contributed by atoms with van der Waals surface area (Å²) in [5.41, 5.74) is 2.34. The Hall–Kier alpha value is -2.82. The van der Waals surface area contributed by atoms with Crippen LogP contribution in [0.15, 0.2) is 42.5 Å². The van der Waals surface area contributed by atoms with Crippen LogP contribution in [-0.4, -0.2) is 25.9 Å². The van der Waals surface area contributed by atoms with E-state index in [0.29, 0.717) is 17.1 Å². The second kappa shape index (κ2) is 8.15. The predicted molar refractivity (Wildman–Crippen MR) is 92.9 cm³/mol. The van der Waals surface area contributed by atoms with Gasteiger partial charge in [0.05, 0.1) is 14.2 Å². The summed E-state index contributed by atoms with van der Waals surface area (Å²) in [4.78, 5) is 24.2. The van der Waals surface area contributed by atoms with E-state index in [9.17, 15) is 9.59 Å². The van der Waals surface area contributed by atoms with Crippen LogP contribution in [0.25, 0.3) is 0 Å². The molecule has 0 spiro atoms. The minimum atomic E-state index is -0.187. The number of rotatable bonds is 7. The van der Waals surface area contributed by atoms with Crippen LogP contribution in [-0.2, 0) is 4.79 Å². The molecule has 5 heteroatoms. The number of aryl methyl sites for hydroxylation is 1. The van der Waals surface area contributed by atoms with Gasteiger partial charge < -0.3 is 14.8 Å². The van der Waals surface area contributed by atoms with Crippen molar-refractivity contribution in [1.29, 1.82) is 0 Å². The van der Waals surface area contributed by atoms with Gasteiger partial charge in [-0.15, -0.1) is 0 Å². The average Bonchev–Trinajstić information content (AvgIpc) is 2.61. The van der Waals surface area contributed by atoms with Crippen LogP contribution < -0.4 is 14.8 Å². The third kappa shape index (κ3) is 4.59. The molecule has 0 heterocycles. The topological polar surface area (TPSA) is 64.6 Å². The molecule has 1 amide bonds. The van der Waals surface area contributed by atoms with Gasteiger partial charge in [-0.2, -0.15) is 0 Å². The highest BCUT2D eigenvalue weighted by Crippen LogP contribution is 2.28. The highest BCUT2D eigenvalue weighted by Gasteiger charge is 2.12. The first-order chi connectivity index (χ1) is 11.5. The molecule has 0 unspecified atom stereocenters. The number of hydrogen-bond donors (Lipinski definition) is 1. The lowest BCUT2D eigenvalue weighted by atomic mass is 10.1. The van der Waals surface area contributed by atoms with Crippen LogP contribution >= 0.6 is 0 Å². The number of ether oxygens (including phenoxy) is 2. The Bertz CT molecular complexity index is 723.